The van der Waals surface area contributed by atoms with Gasteiger partial charge in [0, 0.05) is 33.2 Å². The summed E-state index contributed by atoms with van der Waals surface area (Å²) in [5.41, 5.74) is 0.869. The van der Waals surface area contributed by atoms with Crippen molar-refractivity contribution in [1.29, 1.82) is 0 Å². The molecule has 3 aromatic carbocycles. The van der Waals surface area contributed by atoms with Gasteiger partial charge in [-0.3, -0.25) is 0 Å². The lowest BCUT2D eigenvalue weighted by Gasteiger charge is -2.26. The van der Waals surface area contributed by atoms with Crippen LogP contribution in [0.3, 0.4) is 0 Å². The first kappa shape index (κ1) is 25.3. The smallest absolute Gasteiger partial charge is 0.416 e. The zero-order valence-electron chi connectivity index (χ0n) is 20.5. The minimum atomic E-state index is -4.57. The van der Waals surface area contributed by atoms with E-state index < -0.39 is 29.5 Å². The molecule has 3 aromatic rings. The third-order valence-electron chi connectivity index (χ3n) is 7.76. The molecule has 8 heteroatoms. The Bertz CT molecular complexity index is 1630. The SMILES string of the molecule is Oc1c2c(-c3ccc(F)cc3)c(C(F)c3ccc(C(F)(F)F)cc3)c(C3CCCC3)[nH]c-2c2c(F)cccc12. The van der Waals surface area contributed by atoms with Crippen LogP contribution in [0, 0.1) is 11.6 Å². The highest BCUT2D eigenvalue weighted by Gasteiger charge is 2.36. The average molecular weight is 540 g/mol. The van der Waals surface area contributed by atoms with Crippen molar-refractivity contribution >= 4 is 10.8 Å². The molecule has 1 saturated carbocycles. The third-order valence-corrected chi connectivity index (χ3v) is 7.76. The van der Waals surface area contributed by atoms with Crippen LogP contribution in [-0.4, -0.2) is 10.1 Å². The third kappa shape index (κ3) is 4.22. The topological polar surface area (TPSA) is 36.0 Å². The molecule has 6 rings (SSSR count). The van der Waals surface area contributed by atoms with E-state index >= 15 is 8.78 Å². The fraction of sp³-hybridized carbons (Fsp3) is 0.226. The number of H-pyrrole nitrogens is 1. The second kappa shape index (κ2) is 9.36. The Labute approximate surface area is 220 Å². The van der Waals surface area contributed by atoms with Gasteiger partial charge < -0.3 is 10.1 Å². The summed E-state index contributed by atoms with van der Waals surface area (Å²) in [5.74, 6) is -1.45. The molecule has 1 atom stereocenters. The van der Waals surface area contributed by atoms with Gasteiger partial charge in [-0.1, -0.05) is 49.2 Å². The molecule has 2 aliphatic carbocycles. The van der Waals surface area contributed by atoms with Crippen molar-refractivity contribution in [1.82, 2.24) is 4.98 Å². The maximum atomic E-state index is 16.7. The molecule has 1 unspecified atom stereocenters. The van der Waals surface area contributed by atoms with Gasteiger partial charge in [-0.05, 0) is 60.2 Å². The van der Waals surface area contributed by atoms with Crippen LogP contribution >= 0.6 is 0 Å². The molecule has 0 aromatic heterocycles. The Hall–Kier alpha value is -3.94. The van der Waals surface area contributed by atoms with Crippen LogP contribution in [0.5, 0.6) is 5.75 Å². The molecule has 1 aliphatic heterocycles. The summed E-state index contributed by atoms with van der Waals surface area (Å²) < 4.78 is 85.3. The van der Waals surface area contributed by atoms with Gasteiger partial charge in [0.2, 0.25) is 0 Å². The van der Waals surface area contributed by atoms with Gasteiger partial charge in [-0.2, -0.15) is 13.2 Å². The van der Waals surface area contributed by atoms with E-state index in [2.05, 4.69) is 4.98 Å². The fourth-order valence-corrected chi connectivity index (χ4v) is 5.92. The second-order valence-electron chi connectivity index (χ2n) is 10.1. The number of benzene rings is 3. The Kier molecular flexibility index (Phi) is 6.08. The minimum Gasteiger partial charge on any atom is -0.507 e. The largest absolute Gasteiger partial charge is 0.507 e. The highest BCUT2D eigenvalue weighted by atomic mass is 19.4. The maximum Gasteiger partial charge on any atom is 0.416 e. The van der Waals surface area contributed by atoms with Crippen LogP contribution in [0.4, 0.5) is 26.3 Å². The Morgan fingerprint density at radius 1 is 0.846 bits per heavy atom. The molecular weight excluding hydrogens is 516 g/mol. The number of fused-ring (bicyclic) bond motifs is 3. The van der Waals surface area contributed by atoms with E-state index in [0.717, 1.165) is 49.9 Å². The molecular formula is C31H23F6NO. The number of nitrogens with one attached hydrogen (secondary N) is 1. The zero-order valence-corrected chi connectivity index (χ0v) is 20.5. The summed E-state index contributed by atoms with van der Waals surface area (Å²) in [4.78, 5) is 3.26. The van der Waals surface area contributed by atoms with Crippen molar-refractivity contribution in [2.75, 3.05) is 0 Å². The molecule has 1 fully saturated rings. The van der Waals surface area contributed by atoms with Gasteiger partial charge in [-0.15, -0.1) is 0 Å². The van der Waals surface area contributed by atoms with Crippen molar-refractivity contribution in [2.45, 2.75) is 43.9 Å². The molecule has 0 saturated heterocycles. The number of hydrogen-bond acceptors (Lipinski definition) is 1. The van der Waals surface area contributed by atoms with Crippen LogP contribution in [-0.2, 0) is 6.18 Å². The van der Waals surface area contributed by atoms with Gasteiger partial charge in [0.1, 0.15) is 17.4 Å². The number of alkyl halides is 4. The Balaban J connectivity index is 1.70. The predicted molar refractivity (Wildman–Crippen MR) is 138 cm³/mol. The number of aromatic hydroxyl groups is 1. The van der Waals surface area contributed by atoms with Crippen molar-refractivity contribution in [3.63, 3.8) is 0 Å². The lowest BCUT2D eigenvalue weighted by Crippen LogP contribution is -2.11. The van der Waals surface area contributed by atoms with Crippen LogP contribution in [0.1, 0.15) is 60.2 Å². The number of halogens is 6. The van der Waals surface area contributed by atoms with Crippen LogP contribution in [0.2, 0.25) is 0 Å². The average Bonchev–Trinajstić information content (AvgIpc) is 3.55. The van der Waals surface area contributed by atoms with Crippen molar-refractivity contribution in [3.8, 4) is 28.1 Å². The first-order valence-electron chi connectivity index (χ1n) is 12.7. The van der Waals surface area contributed by atoms with E-state index in [9.17, 15) is 22.7 Å². The summed E-state index contributed by atoms with van der Waals surface area (Å²) in [7, 11) is 0. The first-order valence-corrected chi connectivity index (χ1v) is 12.7. The summed E-state index contributed by atoms with van der Waals surface area (Å²) in [6.07, 6.45) is -3.17. The van der Waals surface area contributed by atoms with Gasteiger partial charge in [0.15, 0.2) is 6.17 Å². The van der Waals surface area contributed by atoms with Crippen molar-refractivity contribution < 1.29 is 31.4 Å². The maximum absolute atomic E-state index is 16.7. The zero-order chi connectivity index (χ0) is 27.5. The molecule has 0 bridgehead atoms. The van der Waals surface area contributed by atoms with Crippen molar-refractivity contribution in [2.24, 2.45) is 0 Å². The second-order valence-corrected chi connectivity index (χ2v) is 10.1. The molecule has 1 heterocycles. The van der Waals surface area contributed by atoms with Crippen LogP contribution < -0.4 is 0 Å². The molecule has 3 aliphatic rings. The van der Waals surface area contributed by atoms with Gasteiger partial charge in [0.25, 0.3) is 0 Å². The Morgan fingerprint density at radius 3 is 2.15 bits per heavy atom. The normalized spacial score (nSPS) is 15.4. The molecule has 200 valence electrons. The monoisotopic (exact) mass is 539 g/mol. The summed E-state index contributed by atoms with van der Waals surface area (Å²) in [6, 6.07) is 13.5. The lowest BCUT2D eigenvalue weighted by molar-refractivity contribution is -0.137. The number of aromatic nitrogens is 1. The summed E-state index contributed by atoms with van der Waals surface area (Å²) >= 11 is 0. The van der Waals surface area contributed by atoms with E-state index in [1.54, 1.807) is 6.07 Å². The van der Waals surface area contributed by atoms with Gasteiger partial charge in [0.05, 0.1) is 11.3 Å². The number of rotatable bonds is 4. The van der Waals surface area contributed by atoms with E-state index in [1.807, 2.05) is 0 Å². The fourth-order valence-electron chi connectivity index (χ4n) is 5.92. The lowest BCUT2D eigenvalue weighted by atomic mass is 9.84. The van der Waals surface area contributed by atoms with Crippen molar-refractivity contribution in [3.05, 3.63) is 101 Å². The van der Waals surface area contributed by atoms with Crippen LogP contribution in [0.15, 0.2) is 66.7 Å². The highest BCUT2D eigenvalue weighted by molar-refractivity contribution is 6.11. The molecule has 0 amide bonds. The van der Waals surface area contributed by atoms with E-state index in [1.165, 1.54) is 36.4 Å². The molecule has 0 spiro atoms. The minimum absolute atomic E-state index is 0.000130. The van der Waals surface area contributed by atoms with E-state index in [4.69, 9.17) is 0 Å². The molecule has 2 nitrogen and oxygen atoms in total. The number of aromatic amines is 1. The van der Waals surface area contributed by atoms with Gasteiger partial charge >= 0.3 is 6.18 Å². The predicted octanol–water partition coefficient (Wildman–Crippen LogP) is 9.66. The molecule has 0 radical (unpaired) electrons. The standard InChI is InChI=1S/C31H23F6NO/c32-20-14-10-16(11-15-20)23-25(27(34)17-8-12-19(13-9-17)31(35,36)37)28(18-4-1-2-5-18)38-29-24-21(30(39)26(23)29)6-3-7-22(24)33/h3,6-15,18,27,38-39H,1-2,4-5H2. The Morgan fingerprint density at radius 2 is 1.51 bits per heavy atom. The van der Waals surface area contributed by atoms with E-state index in [-0.39, 0.29) is 44.7 Å². The first-order chi connectivity index (χ1) is 18.6. The molecule has 39 heavy (non-hydrogen) atoms. The highest BCUT2D eigenvalue weighted by Crippen LogP contribution is 2.54. The number of hydrogen-bond donors (Lipinski definition) is 2. The molecule has 2 N–H and O–H groups in total. The summed E-state index contributed by atoms with van der Waals surface area (Å²) in [6.45, 7) is 0. The van der Waals surface area contributed by atoms with E-state index in [0.29, 0.717) is 17.0 Å². The van der Waals surface area contributed by atoms with Gasteiger partial charge in [-0.25, -0.2) is 13.2 Å². The number of pyridine rings is 1. The quantitative estimate of drug-likeness (QED) is 0.219. The van der Waals surface area contributed by atoms with Crippen LogP contribution in [0.25, 0.3) is 33.2 Å². The summed E-state index contributed by atoms with van der Waals surface area (Å²) in [5, 5.41) is 11.7.